The van der Waals surface area contributed by atoms with E-state index >= 15 is 0 Å². The second kappa shape index (κ2) is 11.6. The molecule has 0 spiro atoms. The highest BCUT2D eigenvalue weighted by molar-refractivity contribution is 7.14. The van der Waals surface area contributed by atoms with Crippen LogP contribution in [0.4, 0.5) is 0 Å². The average Bonchev–Trinajstić information content (AvgIpc) is 3.56. The molecule has 2 heterocycles. The molecule has 2 aliphatic rings. The van der Waals surface area contributed by atoms with E-state index in [1.54, 1.807) is 11.3 Å². The number of likely N-dealkylation sites (tertiary alicyclic amines) is 1. The SMILES string of the molecule is CCc1ccc(-c2csc(-c3ccc(C(=O)N4CCC(O)CC4)cc3C)c2)cc1C1(CC(C)C(=O)C(C)C)CC1. The van der Waals surface area contributed by atoms with Crippen molar-refractivity contribution in [3.63, 3.8) is 0 Å². The van der Waals surface area contributed by atoms with E-state index in [2.05, 4.69) is 56.5 Å². The number of Topliss-reactive ketones (excluding diaryl/α,β-unsaturated/α-hetero) is 1. The summed E-state index contributed by atoms with van der Waals surface area (Å²) >= 11 is 1.74. The Bertz CT molecular complexity index is 1390. The molecule has 5 rings (SSSR count). The molecule has 1 aliphatic heterocycles. The fourth-order valence-corrected chi connectivity index (χ4v) is 7.51. The van der Waals surface area contributed by atoms with Gasteiger partial charge in [-0.2, -0.15) is 0 Å². The quantitative estimate of drug-likeness (QED) is 0.292. The highest BCUT2D eigenvalue weighted by Crippen LogP contribution is 2.54. The second-order valence-corrected chi connectivity index (χ2v) is 13.3. The molecule has 3 aromatic rings. The molecule has 2 aromatic carbocycles. The van der Waals surface area contributed by atoms with Gasteiger partial charge in [0.15, 0.2) is 0 Å². The monoisotopic (exact) mass is 557 g/mol. The van der Waals surface area contributed by atoms with Crippen molar-refractivity contribution in [2.24, 2.45) is 11.8 Å². The van der Waals surface area contributed by atoms with Crippen molar-refractivity contribution in [1.82, 2.24) is 4.90 Å². The van der Waals surface area contributed by atoms with Gasteiger partial charge in [0.2, 0.25) is 0 Å². The zero-order chi connectivity index (χ0) is 28.6. The average molecular weight is 558 g/mol. The molecule has 1 aromatic heterocycles. The number of hydrogen-bond acceptors (Lipinski definition) is 4. The van der Waals surface area contributed by atoms with Crippen LogP contribution in [0.2, 0.25) is 0 Å². The Kier molecular flexibility index (Phi) is 8.35. The standard InChI is InChI=1S/C35H43NO3S/c1-6-25-7-8-26(18-31(25)35(13-14-35)20-24(5)33(38)22(2)3)28-19-32(40-21-28)30-10-9-27(17-23(30)4)34(39)36-15-11-29(37)12-16-36/h7-10,17-19,21-22,24,29,37H,6,11-16,20H2,1-5H3. The van der Waals surface area contributed by atoms with Gasteiger partial charge in [0, 0.05) is 35.4 Å². The van der Waals surface area contributed by atoms with Gasteiger partial charge in [-0.05, 0) is 108 Å². The molecule has 1 aliphatic carbocycles. The van der Waals surface area contributed by atoms with Crippen molar-refractivity contribution >= 4 is 23.0 Å². The van der Waals surface area contributed by atoms with Gasteiger partial charge in [0.25, 0.3) is 5.91 Å². The highest BCUT2D eigenvalue weighted by atomic mass is 32.1. The summed E-state index contributed by atoms with van der Waals surface area (Å²) in [6.07, 6.45) is 5.28. The van der Waals surface area contributed by atoms with E-state index in [0.29, 0.717) is 37.3 Å². The Hall–Kier alpha value is -2.76. The molecule has 212 valence electrons. The number of hydrogen-bond donors (Lipinski definition) is 1. The van der Waals surface area contributed by atoms with E-state index in [4.69, 9.17) is 0 Å². The molecule has 1 saturated carbocycles. The molecule has 0 bridgehead atoms. The minimum atomic E-state index is -0.289. The number of aliphatic hydroxyl groups excluding tert-OH is 1. The number of carbonyl (C=O) groups excluding carboxylic acids is 2. The van der Waals surface area contributed by atoms with E-state index in [-0.39, 0.29) is 29.3 Å². The third-order valence-corrected chi connectivity index (χ3v) is 10.1. The van der Waals surface area contributed by atoms with Crippen LogP contribution in [-0.2, 0) is 16.6 Å². The molecule has 1 saturated heterocycles. The van der Waals surface area contributed by atoms with Crippen molar-refractivity contribution in [1.29, 1.82) is 0 Å². The smallest absolute Gasteiger partial charge is 0.253 e. The number of aryl methyl sites for hydroxylation is 2. The second-order valence-electron chi connectivity index (χ2n) is 12.4. The van der Waals surface area contributed by atoms with Crippen LogP contribution < -0.4 is 0 Å². The first kappa shape index (κ1) is 28.8. The fraction of sp³-hybridized carbons (Fsp3) is 0.486. The van der Waals surface area contributed by atoms with Gasteiger partial charge < -0.3 is 10.0 Å². The molecular formula is C35H43NO3S. The van der Waals surface area contributed by atoms with Crippen molar-refractivity contribution < 1.29 is 14.7 Å². The summed E-state index contributed by atoms with van der Waals surface area (Å²) in [7, 11) is 0. The zero-order valence-corrected chi connectivity index (χ0v) is 25.4. The molecule has 1 amide bonds. The lowest BCUT2D eigenvalue weighted by atomic mass is 9.79. The van der Waals surface area contributed by atoms with Gasteiger partial charge in [-0.15, -0.1) is 11.3 Å². The van der Waals surface area contributed by atoms with Crippen molar-refractivity contribution in [3.05, 3.63) is 70.1 Å². The van der Waals surface area contributed by atoms with Crippen LogP contribution in [0.25, 0.3) is 21.6 Å². The van der Waals surface area contributed by atoms with Gasteiger partial charge in [-0.1, -0.05) is 52.0 Å². The van der Waals surface area contributed by atoms with E-state index < -0.39 is 0 Å². The Labute approximate surface area is 243 Å². The topological polar surface area (TPSA) is 57.6 Å². The minimum Gasteiger partial charge on any atom is -0.393 e. The molecule has 2 fully saturated rings. The summed E-state index contributed by atoms with van der Waals surface area (Å²) in [5.41, 5.74) is 8.40. The number of rotatable bonds is 9. The van der Waals surface area contributed by atoms with Crippen LogP contribution in [0.5, 0.6) is 0 Å². The lowest BCUT2D eigenvalue weighted by molar-refractivity contribution is -0.125. The third-order valence-electron chi connectivity index (χ3n) is 9.09. The van der Waals surface area contributed by atoms with Crippen molar-refractivity contribution in [3.8, 4) is 21.6 Å². The number of aliphatic hydroxyl groups is 1. The number of thiophene rings is 1. The Morgan fingerprint density at radius 2 is 1.75 bits per heavy atom. The first-order chi connectivity index (χ1) is 19.1. The predicted octanol–water partition coefficient (Wildman–Crippen LogP) is 7.83. The molecule has 0 radical (unpaired) electrons. The maximum atomic E-state index is 13.0. The first-order valence-electron chi connectivity index (χ1n) is 15.0. The number of carbonyl (C=O) groups is 2. The van der Waals surface area contributed by atoms with Crippen LogP contribution in [0, 0.1) is 18.8 Å². The molecule has 1 N–H and O–H groups in total. The maximum absolute atomic E-state index is 13.0. The number of piperidine rings is 1. The number of ketones is 1. The van der Waals surface area contributed by atoms with Crippen LogP contribution in [0.15, 0.2) is 47.8 Å². The summed E-state index contributed by atoms with van der Waals surface area (Å²) in [5.74, 6) is 0.598. The third kappa shape index (κ3) is 5.82. The molecular weight excluding hydrogens is 514 g/mol. The van der Waals surface area contributed by atoms with Gasteiger partial charge >= 0.3 is 0 Å². The van der Waals surface area contributed by atoms with E-state index in [9.17, 15) is 14.7 Å². The van der Waals surface area contributed by atoms with Crippen LogP contribution in [0.3, 0.4) is 0 Å². The van der Waals surface area contributed by atoms with Crippen molar-refractivity contribution in [2.75, 3.05) is 13.1 Å². The van der Waals surface area contributed by atoms with E-state index in [1.165, 1.54) is 27.1 Å². The van der Waals surface area contributed by atoms with Gasteiger partial charge in [-0.25, -0.2) is 0 Å². The Morgan fingerprint density at radius 3 is 2.38 bits per heavy atom. The Balaban J connectivity index is 1.37. The minimum absolute atomic E-state index is 0.0513. The predicted molar refractivity (Wildman–Crippen MR) is 165 cm³/mol. The summed E-state index contributed by atoms with van der Waals surface area (Å²) in [6, 6.07) is 15.2. The molecule has 4 nitrogen and oxygen atoms in total. The van der Waals surface area contributed by atoms with Gasteiger partial charge in [0.1, 0.15) is 5.78 Å². The zero-order valence-electron chi connectivity index (χ0n) is 24.6. The molecule has 1 unspecified atom stereocenters. The fourth-order valence-electron chi connectivity index (χ4n) is 6.50. The Morgan fingerprint density at radius 1 is 1.02 bits per heavy atom. The summed E-state index contributed by atoms with van der Waals surface area (Å²) in [5, 5.41) is 12.0. The van der Waals surface area contributed by atoms with Crippen LogP contribution in [-0.4, -0.2) is 40.9 Å². The van der Waals surface area contributed by atoms with Crippen LogP contribution >= 0.6 is 11.3 Å². The lowest BCUT2D eigenvalue weighted by Crippen LogP contribution is -2.40. The lowest BCUT2D eigenvalue weighted by Gasteiger charge is -2.29. The normalized spacial score (nSPS) is 17.7. The van der Waals surface area contributed by atoms with Crippen LogP contribution in [0.1, 0.15) is 86.8 Å². The first-order valence-corrected chi connectivity index (χ1v) is 15.8. The van der Waals surface area contributed by atoms with E-state index in [0.717, 1.165) is 36.8 Å². The number of nitrogens with zero attached hydrogens (tertiary/aromatic N) is 1. The van der Waals surface area contributed by atoms with Gasteiger partial charge in [-0.3, -0.25) is 9.59 Å². The van der Waals surface area contributed by atoms with Crippen molar-refractivity contribution in [2.45, 2.75) is 84.7 Å². The molecule has 40 heavy (non-hydrogen) atoms. The van der Waals surface area contributed by atoms with E-state index in [1.807, 2.05) is 30.9 Å². The molecule has 1 atom stereocenters. The largest absolute Gasteiger partial charge is 0.393 e. The molecule has 5 heteroatoms. The summed E-state index contributed by atoms with van der Waals surface area (Å²) in [6.45, 7) is 11.7. The summed E-state index contributed by atoms with van der Waals surface area (Å²) in [4.78, 5) is 28.8. The highest BCUT2D eigenvalue weighted by Gasteiger charge is 2.47. The number of amides is 1. The number of benzene rings is 2. The van der Waals surface area contributed by atoms with Gasteiger partial charge in [0.05, 0.1) is 6.10 Å². The summed E-state index contributed by atoms with van der Waals surface area (Å²) < 4.78 is 0. The maximum Gasteiger partial charge on any atom is 0.253 e.